The molecule has 208 valence electrons. The number of hydrogen-bond donors (Lipinski definition) is 4. The molecule has 2 amide bonds. The third kappa shape index (κ3) is 6.59. The number of rotatable bonds is 9. The van der Waals surface area contributed by atoms with Gasteiger partial charge in [0.05, 0.1) is 41.0 Å². The molecule has 1 atom stereocenters. The van der Waals surface area contributed by atoms with Gasteiger partial charge < -0.3 is 25.8 Å². The highest BCUT2D eigenvalue weighted by atomic mass is 32.2. The number of carbonyl (C=O) groups is 3. The van der Waals surface area contributed by atoms with E-state index in [2.05, 4.69) is 22.0 Å². The van der Waals surface area contributed by atoms with Gasteiger partial charge in [-0.05, 0) is 55.8 Å². The number of nitrogens with zero attached hydrogens (tertiary/aromatic N) is 1. The maximum absolute atomic E-state index is 13.7. The van der Waals surface area contributed by atoms with E-state index < -0.39 is 11.9 Å². The third-order valence-electron chi connectivity index (χ3n) is 6.50. The van der Waals surface area contributed by atoms with E-state index in [9.17, 15) is 19.6 Å². The Hall–Kier alpha value is -5.01. The highest BCUT2D eigenvalue weighted by Gasteiger charge is 2.36. The van der Waals surface area contributed by atoms with E-state index in [1.165, 1.54) is 31.4 Å². The zero-order valence-corrected chi connectivity index (χ0v) is 23.5. The lowest BCUT2D eigenvalue weighted by Crippen LogP contribution is -2.31. The molecule has 1 unspecified atom stereocenters. The van der Waals surface area contributed by atoms with Crippen LogP contribution < -0.4 is 20.7 Å². The number of benzene rings is 3. The lowest BCUT2D eigenvalue weighted by Gasteiger charge is -2.30. The van der Waals surface area contributed by atoms with E-state index in [0.29, 0.717) is 39.0 Å². The van der Waals surface area contributed by atoms with Crippen molar-refractivity contribution in [2.45, 2.75) is 19.8 Å². The molecule has 0 aromatic heterocycles. The predicted octanol–water partition coefficient (Wildman–Crippen LogP) is 5.41. The summed E-state index contributed by atoms with van der Waals surface area (Å²) in [7, 11) is 1.53. The van der Waals surface area contributed by atoms with Gasteiger partial charge in [0.25, 0.3) is 5.91 Å². The summed E-state index contributed by atoms with van der Waals surface area (Å²) in [4.78, 5) is 37.5. The Labute approximate surface area is 241 Å². The molecular weight excluding hydrogens is 540 g/mol. The molecule has 10 heteroatoms. The number of anilines is 2. The number of carboxylic acids is 1. The number of aryl methyl sites for hydroxylation is 1. The summed E-state index contributed by atoms with van der Waals surface area (Å²) in [5.41, 5.74) is 3.94. The first-order valence-corrected chi connectivity index (χ1v) is 13.6. The lowest BCUT2D eigenvalue weighted by molar-refractivity contribution is -0.114. The fraction of sp³-hybridized carbons (Fsp3) is 0.161. The van der Waals surface area contributed by atoms with Crippen LogP contribution in [-0.2, 0) is 9.59 Å². The molecule has 0 saturated heterocycles. The number of thioether (sulfide) groups is 1. The zero-order valence-electron chi connectivity index (χ0n) is 22.6. The van der Waals surface area contributed by atoms with Crippen LogP contribution >= 0.6 is 11.8 Å². The van der Waals surface area contributed by atoms with Crippen LogP contribution in [0.5, 0.6) is 5.75 Å². The van der Waals surface area contributed by atoms with E-state index in [1.807, 2.05) is 49.4 Å². The minimum atomic E-state index is -1.06. The number of aromatic carboxylic acids is 1. The van der Waals surface area contributed by atoms with Crippen molar-refractivity contribution in [1.29, 1.82) is 5.26 Å². The predicted molar refractivity (Wildman–Crippen MR) is 159 cm³/mol. The van der Waals surface area contributed by atoms with Gasteiger partial charge in [0.1, 0.15) is 5.75 Å². The van der Waals surface area contributed by atoms with E-state index in [4.69, 9.17) is 9.84 Å². The third-order valence-corrected chi connectivity index (χ3v) is 7.52. The van der Waals surface area contributed by atoms with E-state index >= 15 is 0 Å². The number of carboxylic acid groups (broad SMARTS) is 1. The van der Waals surface area contributed by atoms with Gasteiger partial charge in [-0.15, -0.1) is 0 Å². The van der Waals surface area contributed by atoms with Crippen LogP contribution in [0.15, 0.2) is 94.7 Å². The Kier molecular flexibility index (Phi) is 9.12. The molecule has 0 radical (unpaired) electrons. The van der Waals surface area contributed by atoms with Crippen LogP contribution in [0.1, 0.15) is 34.3 Å². The first-order chi connectivity index (χ1) is 19.7. The summed E-state index contributed by atoms with van der Waals surface area (Å²) in [6.07, 6.45) is 0. The average Bonchev–Trinajstić information content (AvgIpc) is 2.97. The monoisotopic (exact) mass is 568 g/mol. The quantitative estimate of drug-likeness (QED) is 0.269. The lowest BCUT2D eigenvalue weighted by atomic mass is 9.81. The summed E-state index contributed by atoms with van der Waals surface area (Å²) in [6.45, 7) is 3.66. The van der Waals surface area contributed by atoms with Crippen LogP contribution in [-0.4, -0.2) is 35.8 Å². The maximum atomic E-state index is 13.7. The number of nitriles is 1. The second kappa shape index (κ2) is 12.9. The van der Waals surface area contributed by atoms with Crippen molar-refractivity contribution in [3.05, 3.63) is 111 Å². The Morgan fingerprint density at radius 3 is 2.34 bits per heavy atom. The van der Waals surface area contributed by atoms with Crippen LogP contribution in [0.4, 0.5) is 11.4 Å². The number of nitrogens with one attached hydrogen (secondary N) is 3. The molecule has 0 spiro atoms. The van der Waals surface area contributed by atoms with Crippen molar-refractivity contribution in [2.75, 3.05) is 23.5 Å². The minimum absolute atomic E-state index is 0.0368. The standard InChI is InChI=1S/C31H28N4O5S/c1-18-8-4-6-10-24(18)35-29(37)27-19(2)33-30(23(16-32)28(27)22-9-5-7-11-25(22)40-3)41-17-26(36)34-21-14-12-20(13-15-21)31(38)39/h4-15,28,33H,17H2,1-3H3,(H,34,36)(H,35,37)(H,38,39). The Morgan fingerprint density at radius 1 is 1.00 bits per heavy atom. The molecule has 0 saturated carbocycles. The highest BCUT2D eigenvalue weighted by molar-refractivity contribution is 8.03. The molecule has 41 heavy (non-hydrogen) atoms. The molecule has 0 bridgehead atoms. The number of allylic oxidation sites excluding steroid dienone is 2. The SMILES string of the molecule is COc1ccccc1C1C(C#N)=C(SCC(=O)Nc2ccc(C(=O)O)cc2)NC(C)=C1C(=O)Nc1ccccc1C. The van der Waals surface area contributed by atoms with E-state index in [1.54, 1.807) is 13.0 Å². The average molecular weight is 569 g/mol. The van der Waals surface area contributed by atoms with Gasteiger partial charge in [-0.1, -0.05) is 48.2 Å². The highest BCUT2D eigenvalue weighted by Crippen LogP contribution is 2.44. The van der Waals surface area contributed by atoms with Crippen molar-refractivity contribution in [2.24, 2.45) is 0 Å². The number of dihydropyridines is 1. The second-order valence-corrected chi connectivity index (χ2v) is 10.2. The van der Waals surface area contributed by atoms with Crippen molar-refractivity contribution < 1.29 is 24.2 Å². The number of methoxy groups -OCH3 is 1. The molecule has 0 fully saturated rings. The Balaban J connectivity index is 1.64. The first kappa shape index (κ1) is 29.0. The smallest absolute Gasteiger partial charge is 0.335 e. The molecule has 1 aliphatic heterocycles. The molecule has 3 aromatic rings. The number of amides is 2. The van der Waals surface area contributed by atoms with Gasteiger partial charge in [0, 0.05) is 28.2 Å². The number of para-hydroxylation sites is 2. The van der Waals surface area contributed by atoms with Crippen molar-refractivity contribution >= 4 is 40.9 Å². The van der Waals surface area contributed by atoms with Crippen LogP contribution in [0.2, 0.25) is 0 Å². The fourth-order valence-electron chi connectivity index (χ4n) is 4.48. The largest absolute Gasteiger partial charge is 0.496 e. The van der Waals surface area contributed by atoms with E-state index in [0.717, 1.165) is 17.3 Å². The van der Waals surface area contributed by atoms with Crippen LogP contribution in [0.3, 0.4) is 0 Å². The van der Waals surface area contributed by atoms with Crippen LogP contribution in [0.25, 0.3) is 0 Å². The molecule has 4 N–H and O–H groups in total. The van der Waals surface area contributed by atoms with Gasteiger partial charge in [-0.2, -0.15) is 5.26 Å². The zero-order chi connectivity index (χ0) is 29.5. The molecule has 9 nitrogen and oxygen atoms in total. The normalized spacial score (nSPS) is 14.5. The molecule has 1 heterocycles. The van der Waals surface area contributed by atoms with E-state index in [-0.39, 0.29) is 28.7 Å². The van der Waals surface area contributed by atoms with Crippen molar-refractivity contribution in [3.8, 4) is 11.8 Å². The van der Waals surface area contributed by atoms with Gasteiger partial charge in [0.2, 0.25) is 5.91 Å². The molecule has 4 rings (SSSR count). The molecular formula is C31H28N4O5S. The van der Waals surface area contributed by atoms with Gasteiger partial charge in [-0.25, -0.2) is 4.79 Å². The summed E-state index contributed by atoms with van der Waals surface area (Å²) in [5, 5.41) is 28.7. The summed E-state index contributed by atoms with van der Waals surface area (Å²) < 4.78 is 5.60. The number of ether oxygens (including phenoxy) is 1. The van der Waals surface area contributed by atoms with Gasteiger partial charge in [-0.3, -0.25) is 9.59 Å². The molecule has 3 aromatic carbocycles. The summed E-state index contributed by atoms with van der Waals surface area (Å²) >= 11 is 1.13. The minimum Gasteiger partial charge on any atom is -0.496 e. The van der Waals surface area contributed by atoms with Gasteiger partial charge in [0.15, 0.2) is 0 Å². The topological polar surface area (TPSA) is 141 Å². The fourth-order valence-corrected chi connectivity index (χ4v) is 5.37. The van der Waals surface area contributed by atoms with Crippen LogP contribution in [0, 0.1) is 18.3 Å². The number of hydrogen-bond acceptors (Lipinski definition) is 7. The Bertz CT molecular complexity index is 1610. The molecule has 1 aliphatic rings. The summed E-state index contributed by atoms with van der Waals surface area (Å²) in [5.74, 6) is -2.03. The second-order valence-electron chi connectivity index (χ2n) is 9.18. The first-order valence-electron chi connectivity index (χ1n) is 12.6. The summed E-state index contributed by atoms with van der Waals surface area (Å²) in [6, 6.07) is 22.7. The van der Waals surface area contributed by atoms with Crippen molar-refractivity contribution in [1.82, 2.24) is 5.32 Å². The number of carbonyl (C=O) groups excluding carboxylic acids is 2. The maximum Gasteiger partial charge on any atom is 0.335 e. The Morgan fingerprint density at radius 2 is 1.68 bits per heavy atom. The molecule has 0 aliphatic carbocycles. The van der Waals surface area contributed by atoms with Crippen molar-refractivity contribution in [3.63, 3.8) is 0 Å². The van der Waals surface area contributed by atoms with Gasteiger partial charge >= 0.3 is 5.97 Å².